The van der Waals surface area contributed by atoms with Crippen LogP contribution in [0.1, 0.15) is 24.8 Å². The number of rotatable bonds is 5. The summed E-state index contributed by atoms with van der Waals surface area (Å²) in [5, 5.41) is 0. The van der Waals surface area contributed by atoms with Gasteiger partial charge in [-0.05, 0) is 57.0 Å². The van der Waals surface area contributed by atoms with E-state index >= 15 is 0 Å². The smallest absolute Gasteiger partial charge is 0.243 e. The average Bonchev–Trinajstić information content (AvgIpc) is 3.17. The van der Waals surface area contributed by atoms with Crippen LogP contribution in [0.3, 0.4) is 0 Å². The van der Waals surface area contributed by atoms with Crippen molar-refractivity contribution in [1.29, 1.82) is 0 Å². The van der Waals surface area contributed by atoms with Gasteiger partial charge in [0.1, 0.15) is 0 Å². The van der Waals surface area contributed by atoms with Gasteiger partial charge in [0.05, 0.1) is 11.0 Å². The van der Waals surface area contributed by atoms with E-state index in [1.54, 1.807) is 23.5 Å². The molecule has 2 atom stereocenters. The molecule has 0 spiro atoms. The predicted molar refractivity (Wildman–Crippen MR) is 89.9 cm³/mol. The molecule has 0 N–H and O–H groups in total. The molecule has 5 nitrogen and oxygen atoms in total. The molecule has 2 aliphatic rings. The summed E-state index contributed by atoms with van der Waals surface area (Å²) in [5.74, 6) is 0. The highest BCUT2D eigenvalue weighted by Crippen LogP contribution is 2.29. The Balaban J connectivity index is 1.84. The van der Waals surface area contributed by atoms with Gasteiger partial charge in [-0.2, -0.15) is 4.31 Å². The lowest BCUT2D eigenvalue weighted by molar-refractivity contribution is 0.113. The van der Waals surface area contributed by atoms with Crippen LogP contribution in [0, 0.1) is 6.92 Å². The van der Waals surface area contributed by atoms with Crippen LogP contribution in [0.15, 0.2) is 29.2 Å². The maximum Gasteiger partial charge on any atom is 0.243 e. The van der Waals surface area contributed by atoms with Crippen LogP contribution in [-0.2, 0) is 14.8 Å². The lowest BCUT2D eigenvalue weighted by atomic mass is 10.2. The molecule has 23 heavy (non-hydrogen) atoms. The number of sulfonamides is 1. The molecule has 128 valence electrons. The van der Waals surface area contributed by atoms with E-state index in [2.05, 4.69) is 4.90 Å². The summed E-state index contributed by atoms with van der Waals surface area (Å²) in [5.41, 5.74) is 0.963. The fourth-order valence-electron chi connectivity index (χ4n) is 3.65. The third-order valence-electron chi connectivity index (χ3n) is 4.92. The second-order valence-corrected chi connectivity index (χ2v) is 8.54. The third kappa shape index (κ3) is 3.60. The minimum Gasteiger partial charge on any atom is -0.380 e. The van der Waals surface area contributed by atoms with E-state index in [4.69, 9.17) is 4.74 Å². The number of nitrogens with zero attached hydrogens (tertiary/aromatic N) is 2. The zero-order valence-electron chi connectivity index (χ0n) is 13.9. The van der Waals surface area contributed by atoms with Gasteiger partial charge in [0.25, 0.3) is 0 Å². The molecule has 2 aliphatic heterocycles. The Morgan fingerprint density at radius 3 is 2.65 bits per heavy atom. The van der Waals surface area contributed by atoms with E-state index < -0.39 is 10.0 Å². The Morgan fingerprint density at radius 2 is 2.00 bits per heavy atom. The lowest BCUT2D eigenvalue weighted by Gasteiger charge is -2.27. The number of hydrogen-bond donors (Lipinski definition) is 0. The van der Waals surface area contributed by atoms with Gasteiger partial charge in [-0.25, -0.2) is 8.42 Å². The van der Waals surface area contributed by atoms with Gasteiger partial charge in [0.15, 0.2) is 0 Å². The van der Waals surface area contributed by atoms with E-state index in [0.29, 0.717) is 11.4 Å². The highest BCUT2D eigenvalue weighted by molar-refractivity contribution is 7.89. The SMILES string of the molecule is CO[C@H]1C[C@@H](CN2CCCC2)N(S(=O)(=O)c2cccc(C)c2)C1. The number of ether oxygens (including phenoxy) is 1. The topological polar surface area (TPSA) is 49.9 Å². The number of benzene rings is 1. The average molecular weight is 338 g/mol. The van der Waals surface area contributed by atoms with Gasteiger partial charge in [-0.15, -0.1) is 0 Å². The van der Waals surface area contributed by atoms with Crippen LogP contribution in [0.2, 0.25) is 0 Å². The molecule has 0 aliphatic carbocycles. The van der Waals surface area contributed by atoms with E-state index in [9.17, 15) is 8.42 Å². The maximum absolute atomic E-state index is 13.1. The molecule has 1 aromatic rings. The Labute approximate surface area is 139 Å². The molecule has 0 radical (unpaired) electrons. The van der Waals surface area contributed by atoms with Crippen molar-refractivity contribution in [2.75, 3.05) is 33.3 Å². The van der Waals surface area contributed by atoms with Crippen molar-refractivity contribution < 1.29 is 13.2 Å². The molecule has 0 saturated carbocycles. The largest absolute Gasteiger partial charge is 0.380 e. The summed E-state index contributed by atoms with van der Waals surface area (Å²) >= 11 is 0. The molecule has 1 aromatic carbocycles. The summed E-state index contributed by atoms with van der Waals surface area (Å²) < 4.78 is 33.3. The molecule has 0 aromatic heterocycles. The molecular weight excluding hydrogens is 312 g/mol. The maximum atomic E-state index is 13.1. The van der Waals surface area contributed by atoms with Gasteiger partial charge in [0, 0.05) is 26.2 Å². The van der Waals surface area contributed by atoms with Gasteiger partial charge in [-0.1, -0.05) is 12.1 Å². The minimum absolute atomic E-state index is 0.00330. The molecule has 3 rings (SSSR count). The highest BCUT2D eigenvalue weighted by Gasteiger charge is 2.41. The number of likely N-dealkylation sites (tertiary alicyclic amines) is 1. The zero-order chi connectivity index (χ0) is 16.4. The van der Waals surface area contributed by atoms with Crippen LogP contribution in [-0.4, -0.2) is 63.1 Å². The van der Waals surface area contributed by atoms with Crippen molar-refractivity contribution in [3.05, 3.63) is 29.8 Å². The summed E-state index contributed by atoms with van der Waals surface area (Å²) in [7, 11) is -1.80. The lowest BCUT2D eigenvalue weighted by Crippen LogP contribution is -2.42. The van der Waals surface area contributed by atoms with E-state index in [0.717, 1.165) is 31.6 Å². The van der Waals surface area contributed by atoms with Crippen LogP contribution in [0.25, 0.3) is 0 Å². The van der Waals surface area contributed by atoms with Gasteiger partial charge in [0.2, 0.25) is 10.0 Å². The van der Waals surface area contributed by atoms with Gasteiger partial charge in [-0.3, -0.25) is 0 Å². The first kappa shape index (κ1) is 16.9. The summed E-state index contributed by atoms with van der Waals surface area (Å²) in [6.07, 6.45) is 3.19. The second-order valence-electron chi connectivity index (χ2n) is 6.65. The Kier molecular flexibility index (Phi) is 5.06. The second kappa shape index (κ2) is 6.89. The first-order valence-electron chi connectivity index (χ1n) is 8.34. The van der Waals surface area contributed by atoms with Crippen LogP contribution in [0.5, 0.6) is 0 Å². The molecule has 2 fully saturated rings. The Morgan fingerprint density at radius 1 is 1.26 bits per heavy atom. The van der Waals surface area contributed by atoms with Gasteiger partial charge < -0.3 is 9.64 Å². The number of aryl methyl sites for hydroxylation is 1. The Bertz CT molecular complexity index is 641. The quantitative estimate of drug-likeness (QED) is 0.822. The zero-order valence-corrected chi connectivity index (χ0v) is 14.8. The monoisotopic (exact) mass is 338 g/mol. The summed E-state index contributed by atoms with van der Waals surface area (Å²) in [6.45, 7) is 5.33. The van der Waals surface area contributed by atoms with E-state index in [1.165, 1.54) is 12.8 Å². The predicted octanol–water partition coefficient (Wildman–Crippen LogP) is 1.87. The van der Waals surface area contributed by atoms with Crippen LogP contribution < -0.4 is 0 Å². The fourth-order valence-corrected chi connectivity index (χ4v) is 5.41. The fraction of sp³-hybridized carbons (Fsp3) is 0.647. The van der Waals surface area contributed by atoms with Crippen molar-refractivity contribution >= 4 is 10.0 Å². The van der Waals surface area contributed by atoms with Crippen molar-refractivity contribution in [2.45, 2.75) is 43.2 Å². The number of methoxy groups -OCH3 is 1. The molecule has 6 heteroatoms. The van der Waals surface area contributed by atoms with Gasteiger partial charge >= 0.3 is 0 Å². The number of hydrogen-bond acceptors (Lipinski definition) is 4. The van der Waals surface area contributed by atoms with Crippen molar-refractivity contribution in [1.82, 2.24) is 9.21 Å². The molecule has 2 saturated heterocycles. The van der Waals surface area contributed by atoms with Crippen LogP contribution >= 0.6 is 0 Å². The van der Waals surface area contributed by atoms with Crippen molar-refractivity contribution in [2.24, 2.45) is 0 Å². The molecular formula is C17H26N2O3S. The highest BCUT2D eigenvalue weighted by atomic mass is 32.2. The van der Waals surface area contributed by atoms with Crippen LogP contribution in [0.4, 0.5) is 0 Å². The molecule has 0 amide bonds. The normalized spacial score (nSPS) is 26.9. The minimum atomic E-state index is -3.47. The molecule has 0 unspecified atom stereocenters. The van der Waals surface area contributed by atoms with Crippen molar-refractivity contribution in [3.8, 4) is 0 Å². The first-order chi connectivity index (χ1) is 11.0. The summed E-state index contributed by atoms with van der Waals surface area (Å²) in [6, 6.07) is 7.17. The Hall–Kier alpha value is -0.950. The van der Waals surface area contributed by atoms with E-state index in [-0.39, 0.29) is 12.1 Å². The first-order valence-corrected chi connectivity index (χ1v) is 9.78. The standard InChI is InChI=1S/C17H26N2O3S/c1-14-6-5-7-17(10-14)23(20,21)19-13-16(22-2)11-15(19)12-18-8-3-4-9-18/h5-7,10,15-16H,3-4,8-9,11-13H2,1-2H3/t15-,16-/m0/s1. The third-order valence-corrected chi connectivity index (χ3v) is 6.84. The molecule has 2 heterocycles. The summed E-state index contributed by atoms with van der Waals surface area (Å²) in [4.78, 5) is 2.77. The van der Waals surface area contributed by atoms with E-state index in [1.807, 2.05) is 19.1 Å². The molecule has 0 bridgehead atoms. The van der Waals surface area contributed by atoms with Crippen molar-refractivity contribution in [3.63, 3.8) is 0 Å².